The molecule has 0 aromatic carbocycles. The molecule has 0 radical (unpaired) electrons. The molecule has 33 heavy (non-hydrogen) atoms. The minimum Gasteiger partial charge on any atom is -0.481 e. The van der Waals surface area contributed by atoms with E-state index in [1.54, 1.807) is 12.2 Å². The Bertz CT molecular complexity index is 1030. The van der Waals surface area contributed by atoms with Gasteiger partial charge in [-0.2, -0.15) is 0 Å². The molecule has 8 atom stereocenters. The molecule has 1 aliphatic heterocycles. The number of carbonyl (C=O) groups excluding carboxylic acids is 2. The molecule has 4 aliphatic carbocycles. The van der Waals surface area contributed by atoms with Crippen LogP contribution in [0.4, 0.5) is 0 Å². The highest BCUT2D eigenvalue weighted by Crippen LogP contribution is 2.78. The molecule has 7 nitrogen and oxygen atoms in total. The zero-order valence-electron chi connectivity index (χ0n) is 19.4. The van der Waals surface area contributed by atoms with Crippen LogP contribution >= 0.6 is 0 Å². The number of aliphatic carboxylic acids is 2. The number of hydrogen-bond acceptors (Lipinski definition) is 5. The number of carboxylic acids is 2. The van der Waals surface area contributed by atoms with Crippen molar-refractivity contribution >= 4 is 23.5 Å². The Morgan fingerprint density at radius 3 is 2.52 bits per heavy atom. The number of hydrogen-bond donors (Lipinski definition) is 2. The molecule has 2 N–H and O–H groups in total. The van der Waals surface area contributed by atoms with Crippen LogP contribution in [0.1, 0.15) is 65.7 Å². The minimum atomic E-state index is -1.10. The molecule has 5 rings (SSSR count). The Kier molecular flexibility index (Phi) is 4.69. The Morgan fingerprint density at radius 2 is 1.85 bits per heavy atom. The van der Waals surface area contributed by atoms with E-state index in [9.17, 15) is 24.3 Å². The maximum atomic E-state index is 13.7. The Labute approximate surface area is 193 Å². The van der Waals surface area contributed by atoms with Gasteiger partial charge in [0.1, 0.15) is 11.4 Å². The van der Waals surface area contributed by atoms with Crippen LogP contribution in [-0.2, 0) is 23.9 Å². The maximum Gasteiger partial charge on any atom is 0.304 e. The van der Waals surface area contributed by atoms with Gasteiger partial charge in [0.15, 0.2) is 5.78 Å². The number of carboxylic acid groups (broad SMARTS) is 2. The summed E-state index contributed by atoms with van der Waals surface area (Å²) < 4.78 is 6.53. The number of Topliss-reactive ketones (excluding diaryl/α,β-unsaturated/α-hetero) is 1. The predicted molar refractivity (Wildman–Crippen MR) is 117 cm³/mol. The summed E-state index contributed by atoms with van der Waals surface area (Å²) in [6.45, 7) is 6.18. The molecule has 0 amide bonds. The molecule has 0 unspecified atom stereocenters. The first-order valence-corrected chi connectivity index (χ1v) is 12.0. The summed E-state index contributed by atoms with van der Waals surface area (Å²) in [6.07, 6.45) is 7.50. The van der Waals surface area contributed by atoms with E-state index >= 15 is 0 Å². The van der Waals surface area contributed by atoms with E-state index in [0.29, 0.717) is 6.42 Å². The number of epoxide rings is 1. The quantitative estimate of drug-likeness (QED) is 0.586. The van der Waals surface area contributed by atoms with Crippen LogP contribution < -0.4 is 0 Å². The fourth-order valence-corrected chi connectivity index (χ4v) is 8.84. The molecule has 1 heterocycles. The summed E-state index contributed by atoms with van der Waals surface area (Å²) in [5, 5.41) is 19.0. The molecule has 3 saturated carbocycles. The topological polar surface area (TPSA) is 121 Å². The zero-order valence-corrected chi connectivity index (χ0v) is 19.4. The molecule has 7 heteroatoms. The third-order valence-corrected chi connectivity index (χ3v) is 10.3. The van der Waals surface area contributed by atoms with Crippen molar-refractivity contribution in [3.63, 3.8) is 0 Å². The van der Waals surface area contributed by atoms with Gasteiger partial charge in [-0.1, -0.05) is 25.5 Å². The Morgan fingerprint density at radius 1 is 1.12 bits per heavy atom. The third kappa shape index (κ3) is 2.66. The molecular formula is C26H32O7. The van der Waals surface area contributed by atoms with Crippen LogP contribution in [-0.4, -0.2) is 45.4 Å². The van der Waals surface area contributed by atoms with E-state index in [1.807, 2.05) is 13.0 Å². The molecule has 0 aromatic rings. The summed E-state index contributed by atoms with van der Waals surface area (Å²) in [5.41, 5.74) is -1.36. The standard InChI is InChI=1S/C26H32O7/c1-14-10-18-17-5-4-15-11-16(27)8-9-23(15,2)26(17)20(33-26)12-24(18,3)25(14,13-22(31)32)19(28)6-7-21(29)30/h8-9,11,14,17-18,20H,4-7,10,12-13H2,1-3H3,(H,29,30)(H,31,32)/t14-,17-,18-,20-,23-,24-,25+,26+/m0/s1. The van der Waals surface area contributed by atoms with Crippen molar-refractivity contribution in [3.8, 4) is 0 Å². The van der Waals surface area contributed by atoms with Crippen molar-refractivity contribution < 1.29 is 34.1 Å². The molecular weight excluding hydrogens is 424 g/mol. The van der Waals surface area contributed by atoms with Crippen molar-refractivity contribution in [3.05, 3.63) is 23.8 Å². The van der Waals surface area contributed by atoms with Crippen LogP contribution in [0.2, 0.25) is 0 Å². The highest BCUT2D eigenvalue weighted by Gasteiger charge is 2.81. The van der Waals surface area contributed by atoms with Gasteiger partial charge in [0, 0.05) is 17.3 Å². The molecule has 0 aromatic heterocycles. The number of allylic oxidation sites excluding steroid dienone is 2. The van der Waals surface area contributed by atoms with E-state index in [1.165, 1.54) is 0 Å². The maximum absolute atomic E-state index is 13.7. The zero-order chi connectivity index (χ0) is 24.0. The van der Waals surface area contributed by atoms with E-state index in [4.69, 9.17) is 9.84 Å². The van der Waals surface area contributed by atoms with Gasteiger partial charge in [-0.05, 0) is 67.9 Å². The summed E-state index contributed by atoms with van der Waals surface area (Å²) in [6, 6.07) is 0. The number of ketones is 2. The number of fused-ring (bicyclic) bond motifs is 3. The lowest BCUT2D eigenvalue weighted by molar-refractivity contribution is -0.157. The van der Waals surface area contributed by atoms with Gasteiger partial charge in [-0.25, -0.2) is 0 Å². The first kappa shape index (κ1) is 22.5. The number of carbonyl (C=O) groups is 4. The van der Waals surface area contributed by atoms with Crippen molar-refractivity contribution in [2.24, 2.45) is 34.0 Å². The van der Waals surface area contributed by atoms with Gasteiger partial charge in [-0.3, -0.25) is 19.2 Å². The monoisotopic (exact) mass is 456 g/mol. The van der Waals surface area contributed by atoms with Gasteiger partial charge >= 0.3 is 11.9 Å². The summed E-state index contributed by atoms with van der Waals surface area (Å²) in [7, 11) is 0. The third-order valence-electron chi connectivity index (χ3n) is 10.3. The lowest BCUT2D eigenvalue weighted by Crippen LogP contribution is -2.59. The van der Waals surface area contributed by atoms with E-state index in [-0.39, 0.29) is 60.1 Å². The molecule has 178 valence electrons. The van der Waals surface area contributed by atoms with Crippen LogP contribution in [0, 0.1) is 34.0 Å². The fraction of sp³-hybridized carbons (Fsp3) is 0.692. The average molecular weight is 457 g/mol. The number of rotatable bonds is 6. The minimum absolute atomic E-state index is 0.00848. The first-order valence-electron chi connectivity index (χ1n) is 12.0. The summed E-state index contributed by atoms with van der Waals surface area (Å²) >= 11 is 0. The van der Waals surface area contributed by atoms with Gasteiger partial charge in [-0.15, -0.1) is 0 Å². The summed E-state index contributed by atoms with van der Waals surface area (Å²) in [5.74, 6) is -2.19. The normalized spacial score (nSPS) is 47.0. The van der Waals surface area contributed by atoms with Crippen molar-refractivity contribution in [1.82, 2.24) is 0 Å². The number of ether oxygens (including phenoxy) is 1. The molecule has 4 fully saturated rings. The lowest BCUT2D eigenvalue weighted by atomic mass is 9.44. The van der Waals surface area contributed by atoms with E-state index < -0.39 is 28.4 Å². The largest absolute Gasteiger partial charge is 0.481 e. The second-order valence-corrected chi connectivity index (χ2v) is 11.4. The van der Waals surface area contributed by atoms with Crippen molar-refractivity contribution in [2.45, 2.75) is 77.4 Å². The SMILES string of the molecule is C[C@H]1C[C@H]2[C@@H]3CCC4=CC(=O)C=C[C@]4(C)[C@@]34O[C@H]4C[C@]2(C)[C@@]1(CC(=O)O)C(=O)CCC(=O)O. The molecule has 0 bridgehead atoms. The van der Waals surface area contributed by atoms with Gasteiger partial charge in [0.05, 0.1) is 18.9 Å². The smallest absolute Gasteiger partial charge is 0.304 e. The average Bonchev–Trinajstić information content (AvgIpc) is 3.40. The lowest BCUT2D eigenvalue weighted by Gasteiger charge is -2.56. The fourth-order valence-electron chi connectivity index (χ4n) is 8.84. The second kappa shape index (κ2) is 6.87. The summed E-state index contributed by atoms with van der Waals surface area (Å²) in [4.78, 5) is 49.0. The molecule has 5 aliphatic rings. The van der Waals surface area contributed by atoms with Crippen LogP contribution in [0.15, 0.2) is 23.8 Å². The van der Waals surface area contributed by atoms with Gasteiger partial charge < -0.3 is 14.9 Å². The van der Waals surface area contributed by atoms with Crippen LogP contribution in [0.3, 0.4) is 0 Å². The Balaban J connectivity index is 1.57. The van der Waals surface area contributed by atoms with Gasteiger partial charge in [0.25, 0.3) is 0 Å². The van der Waals surface area contributed by atoms with E-state index in [0.717, 1.165) is 24.8 Å². The Hall–Kier alpha value is -2.28. The van der Waals surface area contributed by atoms with Crippen LogP contribution in [0.25, 0.3) is 0 Å². The second-order valence-electron chi connectivity index (χ2n) is 11.4. The van der Waals surface area contributed by atoms with E-state index in [2.05, 4.69) is 13.8 Å². The highest BCUT2D eigenvalue weighted by molar-refractivity contribution is 6.01. The highest BCUT2D eigenvalue weighted by atomic mass is 16.6. The van der Waals surface area contributed by atoms with Crippen molar-refractivity contribution in [2.75, 3.05) is 0 Å². The van der Waals surface area contributed by atoms with Crippen LogP contribution in [0.5, 0.6) is 0 Å². The van der Waals surface area contributed by atoms with Crippen molar-refractivity contribution in [1.29, 1.82) is 0 Å². The predicted octanol–water partition coefficient (Wildman–Crippen LogP) is 3.57. The molecule has 1 spiro atoms. The first-order chi connectivity index (χ1) is 15.4. The van der Waals surface area contributed by atoms with Gasteiger partial charge in [0.2, 0.25) is 0 Å². The molecule has 1 saturated heterocycles.